The van der Waals surface area contributed by atoms with Crippen LogP contribution in [0.3, 0.4) is 0 Å². The molecule has 0 spiro atoms. The summed E-state index contributed by atoms with van der Waals surface area (Å²) in [6.07, 6.45) is 2.14. The highest BCUT2D eigenvalue weighted by atomic mass is 35.5. The van der Waals surface area contributed by atoms with Gasteiger partial charge in [0.25, 0.3) is 5.56 Å². The summed E-state index contributed by atoms with van der Waals surface area (Å²) in [6.45, 7) is 4.54. The summed E-state index contributed by atoms with van der Waals surface area (Å²) in [5.74, 6) is 1.87. The minimum absolute atomic E-state index is 0.0169. The number of aryl methyl sites for hydroxylation is 2. The van der Waals surface area contributed by atoms with Crippen molar-refractivity contribution in [3.8, 4) is 5.75 Å². The lowest BCUT2D eigenvalue weighted by atomic mass is 10.1. The van der Waals surface area contributed by atoms with E-state index < -0.39 is 6.10 Å². The summed E-state index contributed by atoms with van der Waals surface area (Å²) in [7, 11) is 0. The molecule has 0 saturated carbocycles. The van der Waals surface area contributed by atoms with E-state index in [9.17, 15) is 4.79 Å². The summed E-state index contributed by atoms with van der Waals surface area (Å²) < 4.78 is 8.05. The van der Waals surface area contributed by atoms with Gasteiger partial charge in [0, 0.05) is 17.0 Å². The Bertz CT molecular complexity index is 1560. The Balaban J connectivity index is 1.44. The standard InChI is InChI=1S/C28H27ClN6O2/c1-3-4-9-25-30-24-15-10-18(2)16-22(24)28(36)35(25)17-19-11-13-20(14-12-19)37-26(27-31-33-34-32-27)21-7-5-6-8-23(21)29/h5-8,10-16,26H,3-4,9,17H2,1-2H3,(H,31,32,33,34). The zero-order valence-corrected chi connectivity index (χ0v) is 21.4. The maximum absolute atomic E-state index is 13.5. The molecule has 0 aliphatic carbocycles. The first kappa shape index (κ1) is 24.6. The van der Waals surface area contributed by atoms with Gasteiger partial charge in [0.05, 0.1) is 17.4 Å². The minimum Gasteiger partial charge on any atom is -0.478 e. The maximum Gasteiger partial charge on any atom is 0.261 e. The van der Waals surface area contributed by atoms with Crippen molar-refractivity contribution >= 4 is 22.5 Å². The second kappa shape index (κ2) is 10.9. The number of ether oxygens (including phenoxy) is 1. The predicted octanol–water partition coefficient (Wildman–Crippen LogP) is 5.43. The Labute approximate surface area is 219 Å². The molecule has 2 aromatic heterocycles. The van der Waals surface area contributed by atoms with Crippen LogP contribution in [0.1, 0.15) is 54.2 Å². The van der Waals surface area contributed by atoms with Crippen LogP contribution in [0.15, 0.2) is 71.5 Å². The third-order valence-corrected chi connectivity index (χ3v) is 6.60. The fourth-order valence-corrected chi connectivity index (χ4v) is 4.53. The second-order valence-electron chi connectivity index (χ2n) is 8.99. The molecule has 0 saturated heterocycles. The minimum atomic E-state index is -0.606. The number of H-pyrrole nitrogens is 1. The van der Waals surface area contributed by atoms with Crippen LogP contribution in [0.2, 0.25) is 5.02 Å². The van der Waals surface area contributed by atoms with Gasteiger partial charge in [-0.3, -0.25) is 9.36 Å². The normalized spacial score (nSPS) is 12.1. The molecule has 2 heterocycles. The lowest BCUT2D eigenvalue weighted by Gasteiger charge is -2.18. The molecule has 3 aromatic carbocycles. The molecule has 9 heteroatoms. The molecule has 8 nitrogen and oxygen atoms in total. The van der Waals surface area contributed by atoms with E-state index in [0.717, 1.165) is 47.3 Å². The average Bonchev–Trinajstić information content (AvgIpc) is 3.44. The largest absolute Gasteiger partial charge is 0.478 e. The number of unbranched alkanes of at least 4 members (excludes halogenated alkanes) is 1. The number of hydrogen-bond donors (Lipinski definition) is 1. The molecule has 188 valence electrons. The van der Waals surface area contributed by atoms with Gasteiger partial charge in [-0.15, -0.1) is 5.10 Å². The fourth-order valence-electron chi connectivity index (χ4n) is 4.29. The number of tetrazole rings is 1. The number of aromatic nitrogens is 6. The first-order valence-corrected chi connectivity index (χ1v) is 12.6. The molecule has 0 amide bonds. The summed E-state index contributed by atoms with van der Waals surface area (Å²) in [4.78, 5) is 18.3. The van der Waals surface area contributed by atoms with E-state index >= 15 is 0 Å². The van der Waals surface area contributed by atoms with Gasteiger partial charge in [0.15, 0.2) is 11.9 Å². The van der Waals surface area contributed by atoms with E-state index in [2.05, 4.69) is 27.5 Å². The lowest BCUT2D eigenvalue weighted by Crippen LogP contribution is -2.26. The van der Waals surface area contributed by atoms with Crippen molar-refractivity contribution < 1.29 is 4.74 Å². The number of rotatable bonds is 9. The van der Waals surface area contributed by atoms with Crippen molar-refractivity contribution in [2.24, 2.45) is 0 Å². The summed E-state index contributed by atoms with van der Waals surface area (Å²) in [6, 6.07) is 20.9. The number of halogens is 1. The van der Waals surface area contributed by atoms with Gasteiger partial charge < -0.3 is 4.74 Å². The van der Waals surface area contributed by atoms with Gasteiger partial charge >= 0.3 is 0 Å². The quantitative estimate of drug-likeness (QED) is 0.281. The van der Waals surface area contributed by atoms with Gasteiger partial charge in [0.1, 0.15) is 11.6 Å². The van der Waals surface area contributed by atoms with Crippen LogP contribution in [0, 0.1) is 6.92 Å². The van der Waals surface area contributed by atoms with Crippen LogP contribution >= 0.6 is 11.6 Å². The average molecular weight is 515 g/mol. The molecule has 0 fully saturated rings. The summed E-state index contributed by atoms with van der Waals surface area (Å²) >= 11 is 6.43. The van der Waals surface area contributed by atoms with Crippen LogP contribution < -0.4 is 10.3 Å². The Morgan fingerprint density at radius 2 is 1.89 bits per heavy atom. The van der Waals surface area contributed by atoms with Crippen LogP contribution in [-0.4, -0.2) is 30.2 Å². The second-order valence-corrected chi connectivity index (χ2v) is 9.40. The molecular weight excluding hydrogens is 488 g/mol. The highest BCUT2D eigenvalue weighted by molar-refractivity contribution is 6.31. The SMILES string of the molecule is CCCCc1nc2ccc(C)cc2c(=O)n1Cc1ccc(OC(c2nnn[nH]2)c2ccccc2Cl)cc1. The van der Waals surface area contributed by atoms with Gasteiger partial charge in [0.2, 0.25) is 0 Å². The van der Waals surface area contributed by atoms with Gasteiger partial charge in [-0.05, 0) is 59.7 Å². The number of benzene rings is 3. The first-order chi connectivity index (χ1) is 18.0. The smallest absolute Gasteiger partial charge is 0.261 e. The number of nitrogens with zero attached hydrogens (tertiary/aromatic N) is 5. The predicted molar refractivity (Wildman–Crippen MR) is 143 cm³/mol. The number of hydrogen-bond acceptors (Lipinski definition) is 6. The molecule has 0 aliphatic heterocycles. The summed E-state index contributed by atoms with van der Waals surface area (Å²) in [5, 5.41) is 15.4. The Morgan fingerprint density at radius 3 is 2.62 bits per heavy atom. The van der Waals surface area contributed by atoms with E-state index in [-0.39, 0.29) is 5.56 Å². The van der Waals surface area contributed by atoms with E-state index in [4.69, 9.17) is 21.3 Å². The zero-order chi connectivity index (χ0) is 25.8. The molecule has 1 atom stereocenters. The molecule has 0 aliphatic rings. The van der Waals surface area contributed by atoms with E-state index in [1.165, 1.54) is 0 Å². The monoisotopic (exact) mass is 514 g/mol. The van der Waals surface area contributed by atoms with Crippen molar-refractivity contribution in [1.82, 2.24) is 30.2 Å². The lowest BCUT2D eigenvalue weighted by molar-refractivity contribution is 0.237. The zero-order valence-electron chi connectivity index (χ0n) is 20.7. The molecule has 5 aromatic rings. The molecule has 0 bridgehead atoms. The molecule has 1 unspecified atom stereocenters. The topological polar surface area (TPSA) is 98.6 Å². The van der Waals surface area contributed by atoms with Crippen LogP contribution in [0.25, 0.3) is 10.9 Å². The third-order valence-electron chi connectivity index (χ3n) is 6.26. The van der Waals surface area contributed by atoms with Crippen molar-refractivity contribution in [3.05, 3.63) is 110 Å². The van der Waals surface area contributed by atoms with E-state index in [1.54, 1.807) is 10.6 Å². The highest BCUT2D eigenvalue weighted by Crippen LogP contribution is 2.31. The number of fused-ring (bicyclic) bond motifs is 1. The van der Waals surface area contributed by atoms with Gasteiger partial charge in [-0.1, -0.05) is 66.9 Å². The van der Waals surface area contributed by atoms with Crippen molar-refractivity contribution in [1.29, 1.82) is 0 Å². The Morgan fingerprint density at radius 1 is 1.08 bits per heavy atom. The van der Waals surface area contributed by atoms with Crippen LogP contribution in [-0.2, 0) is 13.0 Å². The van der Waals surface area contributed by atoms with Crippen molar-refractivity contribution in [2.45, 2.75) is 45.8 Å². The van der Waals surface area contributed by atoms with Gasteiger partial charge in [-0.2, -0.15) is 0 Å². The third kappa shape index (κ3) is 5.39. The Hall–Kier alpha value is -4.04. The highest BCUT2D eigenvalue weighted by Gasteiger charge is 2.22. The maximum atomic E-state index is 13.5. The van der Waals surface area contributed by atoms with Crippen LogP contribution in [0.5, 0.6) is 5.75 Å². The van der Waals surface area contributed by atoms with Crippen molar-refractivity contribution in [2.75, 3.05) is 0 Å². The molecular formula is C28H27ClN6O2. The van der Waals surface area contributed by atoms with Crippen molar-refractivity contribution in [3.63, 3.8) is 0 Å². The molecule has 37 heavy (non-hydrogen) atoms. The summed E-state index contributed by atoms with van der Waals surface area (Å²) in [5.41, 5.74) is 3.48. The fraction of sp³-hybridized carbons (Fsp3) is 0.250. The van der Waals surface area contributed by atoms with E-state index in [1.807, 2.05) is 67.6 Å². The molecule has 5 rings (SSSR count). The van der Waals surface area contributed by atoms with E-state index in [0.29, 0.717) is 28.5 Å². The van der Waals surface area contributed by atoms with Crippen LogP contribution in [0.4, 0.5) is 0 Å². The molecule has 1 N–H and O–H groups in total. The Kier molecular flexibility index (Phi) is 7.28. The molecule has 0 radical (unpaired) electrons. The number of aromatic amines is 1. The van der Waals surface area contributed by atoms with Gasteiger partial charge in [-0.25, -0.2) is 10.1 Å². The first-order valence-electron chi connectivity index (χ1n) is 12.3. The number of nitrogens with one attached hydrogen (secondary N) is 1.